The number of nitriles is 1. The van der Waals surface area contributed by atoms with Gasteiger partial charge >= 0.3 is 0 Å². The molecule has 1 unspecified atom stereocenters. The van der Waals surface area contributed by atoms with Crippen LogP contribution in [0, 0.1) is 17.2 Å². The van der Waals surface area contributed by atoms with Crippen LogP contribution in [0.5, 0.6) is 0 Å². The minimum absolute atomic E-state index is 0.692. The molecule has 0 heterocycles. The maximum Gasteiger partial charge on any atom is 0.0991 e. The third-order valence-corrected chi connectivity index (χ3v) is 4.75. The highest BCUT2D eigenvalue weighted by Gasteiger charge is 2.09. The average Bonchev–Trinajstić information content (AvgIpc) is 2.68. The Labute approximate surface area is 150 Å². The minimum Gasteiger partial charge on any atom is -0.192 e. The predicted octanol–water partition coefficient (Wildman–Crippen LogP) is 6.48. The first-order valence-electron chi connectivity index (χ1n) is 8.90. The van der Waals surface area contributed by atoms with Gasteiger partial charge in [-0.25, -0.2) is 0 Å². The second kappa shape index (κ2) is 7.81. The first-order chi connectivity index (χ1) is 12.2. The van der Waals surface area contributed by atoms with Crippen molar-refractivity contribution in [3.63, 3.8) is 0 Å². The van der Waals surface area contributed by atoms with Crippen molar-refractivity contribution in [2.75, 3.05) is 0 Å². The van der Waals surface area contributed by atoms with Crippen LogP contribution in [0.4, 0.5) is 0 Å². The van der Waals surface area contributed by atoms with Crippen LogP contribution in [0.2, 0.25) is 0 Å². The molecule has 0 amide bonds. The van der Waals surface area contributed by atoms with Crippen molar-refractivity contribution < 1.29 is 0 Å². The molecule has 0 aliphatic rings. The highest BCUT2D eigenvalue weighted by molar-refractivity contribution is 5.84. The molecule has 0 bridgehead atoms. The summed E-state index contributed by atoms with van der Waals surface area (Å²) in [6, 6.07) is 27.3. The monoisotopic (exact) mass is 325 g/mol. The van der Waals surface area contributed by atoms with E-state index in [1.807, 2.05) is 18.2 Å². The lowest BCUT2D eigenvalue weighted by Gasteiger charge is -2.13. The molecule has 1 nitrogen and oxygen atoms in total. The summed E-state index contributed by atoms with van der Waals surface area (Å²) in [5.74, 6) is 0.692. The van der Waals surface area contributed by atoms with E-state index in [4.69, 9.17) is 0 Å². The Morgan fingerprint density at radius 3 is 2.12 bits per heavy atom. The van der Waals surface area contributed by atoms with Crippen LogP contribution in [-0.4, -0.2) is 0 Å². The van der Waals surface area contributed by atoms with E-state index in [0.29, 0.717) is 11.5 Å². The van der Waals surface area contributed by atoms with E-state index in [-0.39, 0.29) is 0 Å². The Bertz CT molecular complexity index is 902. The first-order valence-corrected chi connectivity index (χ1v) is 8.90. The smallest absolute Gasteiger partial charge is 0.0991 e. The Morgan fingerprint density at radius 2 is 1.48 bits per heavy atom. The lowest BCUT2D eigenvalue weighted by Crippen LogP contribution is -1.97. The van der Waals surface area contributed by atoms with Crippen molar-refractivity contribution in [3.05, 3.63) is 83.9 Å². The number of benzene rings is 3. The summed E-state index contributed by atoms with van der Waals surface area (Å²) in [7, 11) is 0. The first kappa shape index (κ1) is 17.0. The van der Waals surface area contributed by atoms with Gasteiger partial charge in [-0.2, -0.15) is 5.26 Å². The zero-order valence-electron chi connectivity index (χ0n) is 14.9. The van der Waals surface area contributed by atoms with E-state index < -0.39 is 0 Å². The lowest BCUT2D eigenvalue weighted by atomic mass is 9.91. The van der Waals surface area contributed by atoms with Gasteiger partial charge in [0, 0.05) is 0 Å². The van der Waals surface area contributed by atoms with Gasteiger partial charge in [0.05, 0.1) is 11.6 Å². The number of hydrogen-bond donors (Lipinski definition) is 0. The summed E-state index contributed by atoms with van der Waals surface area (Å²) in [5.41, 5.74) is 6.77. The van der Waals surface area contributed by atoms with Crippen LogP contribution in [0.3, 0.4) is 0 Å². The molecule has 25 heavy (non-hydrogen) atoms. The maximum atomic E-state index is 9.19. The van der Waals surface area contributed by atoms with Crippen molar-refractivity contribution in [1.29, 1.82) is 5.26 Å². The van der Waals surface area contributed by atoms with E-state index >= 15 is 0 Å². The lowest BCUT2D eigenvalue weighted by molar-refractivity contribution is 0.560. The number of hydrogen-bond acceptors (Lipinski definition) is 1. The molecule has 0 aromatic heterocycles. The Morgan fingerprint density at radius 1 is 0.840 bits per heavy atom. The SMILES string of the molecule is CCC(C)Cc1cccc(-c2ccccc2-c2cccc(C#N)c2)c1. The molecule has 0 radical (unpaired) electrons. The van der Waals surface area contributed by atoms with Gasteiger partial charge < -0.3 is 0 Å². The highest BCUT2D eigenvalue weighted by Crippen LogP contribution is 2.33. The van der Waals surface area contributed by atoms with Gasteiger partial charge in [-0.15, -0.1) is 0 Å². The van der Waals surface area contributed by atoms with Crippen molar-refractivity contribution in [3.8, 4) is 28.3 Å². The largest absolute Gasteiger partial charge is 0.192 e. The van der Waals surface area contributed by atoms with E-state index in [0.717, 1.165) is 12.0 Å². The summed E-state index contributed by atoms with van der Waals surface area (Å²) in [6.45, 7) is 4.54. The fourth-order valence-electron chi connectivity index (χ4n) is 3.16. The molecule has 1 heteroatoms. The number of nitrogens with zero attached hydrogens (tertiary/aromatic N) is 1. The fraction of sp³-hybridized carbons (Fsp3) is 0.208. The molecular weight excluding hydrogens is 302 g/mol. The maximum absolute atomic E-state index is 9.19. The van der Waals surface area contributed by atoms with Crippen molar-refractivity contribution in [2.45, 2.75) is 26.7 Å². The molecular formula is C24H23N. The molecule has 0 aliphatic carbocycles. The van der Waals surface area contributed by atoms with E-state index in [9.17, 15) is 5.26 Å². The van der Waals surface area contributed by atoms with E-state index in [2.05, 4.69) is 74.5 Å². The highest BCUT2D eigenvalue weighted by atomic mass is 14.2. The molecule has 124 valence electrons. The summed E-state index contributed by atoms with van der Waals surface area (Å²) < 4.78 is 0. The molecule has 3 aromatic carbocycles. The van der Waals surface area contributed by atoms with E-state index in [1.54, 1.807) is 0 Å². The normalized spacial score (nSPS) is 11.7. The molecule has 0 aliphatic heterocycles. The third-order valence-electron chi connectivity index (χ3n) is 4.75. The van der Waals surface area contributed by atoms with Gasteiger partial charge in [-0.05, 0) is 52.3 Å². The molecule has 0 saturated heterocycles. The van der Waals surface area contributed by atoms with Crippen LogP contribution < -0.4 is 0 Å². The fourth-order valence-corrected chi connectivity index (χ4v) is 3.16. The summed E-state index contributed by atoms with van der Waals surface area (Å²) in [4.78, 5) is 0. The standard InChI is InChI=1S/C24H23N/c1-3-18(2)14-19-8-6-10-21(15-19)23-12-4-5-13-24(23)22-11-7-9-20(16-22)17-25/h4-13,15-16,18H,3,14H2,1-2H3. The molecule has 0 fully saturated rings. The van der Waals surface area contributed by atoms with Gasteiger partial charge in [0.15, 0.2) is 0 Å². The molecule has 0 spiro atoms. The Balaban J connectivity index is 2.04. The van der Waals surface area contributed by atoms with Crippen LogP contribution in [0.1, 0.15) is 31.4 Å². The van der Waals surface area contributed by atoms with Crippen LogP contribution in [-0.2, 0) is 6.42 Å². The average molecular weight is 325 g/mol. The Kier molecular flexibility index (Phi) is 5.31. The predicted molar refractivity (Wildman–Crippen MR) is 105 cm³/mol. The van der Waals surface area contributed by atoms with Crippen molar-refractivity contribution >= 4 is 0 Å². The van der Waals surface area contributed by atoms with Crippen LogP contribution in [0.15, 0.2) is 72.8 Å². The van der Waals surface area contributed by atoms with Gasteiger partial charge in [0.2, 0.25) is 0 Å². The van der Waals surface area contributed by atoms with Gasteiger partial charge in [0.1, 0.15) is 0 Å². The van der Waals surface area contributed by atoms with Crippen LogP contribution in [0.25, 0.3) is 22.3 Å². The van der Waals surface area contributed by atoms with Gasteiger partial charge in [0.25, 0.3) is 0 Å². The minimum atomic E-state index is 0.692. The summed E-state index contributed by atoms with van der Waals surface area (Å²) in [5, 5.41) is 9.19. The quantitative estimate of drug-likeness (QED) is 0.526. The zero-order chi connectivity index (χ0) is 17.6. The van der Waals surface area contributed by atoms with Gasteiger partial charge in [-0.1, -0.05) is 80.9 Å². The molecule has 3 rings (SSSR count). The topological polar surface area (TPSA) is 23.8 Å². The van der Waals surface area contributed by atoms with E-state index in [1.165, 1.54) is 28.7 Å². The Hall–Kier alpha value is -2.85. The summed E-state index contributed by atoms with van der Waals surface area (Å²) in [6.07, 6.45) is 2.30. The third kappa shape index (κ3) is 3.98. The van der Waals surface area contributed by atoms with Crippen molar-refractivity contribution in [2.24, 2.45) is 5.92 Å². The second-order valence-electron chi connectivity index (χ2n) is 6.66. The second-order valence-corrected chi connectivity index (χ2v) is 6.66. The molecule has 0 N–H and O–H groups in total. The molecule has 3 aromatic rings. The number of rotatable bonds is 5. The molecule has 1 atom stereocenters. The van der Waals surface area contributed by atoms with Gasteiger partial charge in [-0.3, -0.25) is 0 Å². The summed E-state index contributed by atoms with van der Waals surface area (Å²) >= 11 is 0. The zero-order valence-corrected chi connectivity index (χ0v) is 14.9. The van der Waals surface area contributed by atoms with Crippen molar-refractivity contribution in [1.82, 2.24) is 0 Å². The van der Waals surface area contributed by atoms with Crippen LogP contribution >= 0.6 is 0 Å². The molecule has 0 saturated carbocycles.